The van der Waals surface area contributed by atoms with Crippen molar-refractivity contribution in [2.24, 2.45) is 0 Å². The standard InChI is InChI=1S/C21H24N2O4/c1-24-18-10-14(11-19(25-2)20(18)26-3)12-23-9-8-15(13-23)21-22-16-6-4-5-7-17(16)27-21/h4-7,10-11,15H,8-9,12-13H2,1-3H3. The Morgan fingerprint density at radius 2 is 1.81 bits per heavy atom. The molecule has 4 rings (SSSR count). The lowest BCUT2D eigenvalue weighted by molar-refractivity contribution is 0.310. The molecule has 1 atom stereocenters. The number of ether oxygens (including phenoxy) is 3. The normalized spacial score (nSPS) is 17.4. The van der Waals surface area contributed by atoms with Crippen molar-refractivity contribution in [3.63, 3.8) is 0 Å². The topological polar surface area (TPSA) is 57.0 Å². The summed E-state index contributed by atoms with van der Waals surface area (Å²) in [4.78, 5) is 7.07. The van der Waals surface area contributed by atoms with E-state index in [2.05, 4.69) is 9.88 Å². The zero-order chi connectivity index (χ0) is 18.8. The number of hydrogen-bond acceptors (Lipinski definition) is 6. The molecule has 0 bridgehead atoms. The van der Waals surface area contributed by atoms with E-state index in [9.17, 15) is 0 Å². The first-order valence-electron chi connectivity index (χ1n) is 9.08. The molecule has 0 N–H and O–H groups in total. The quantitative estimate of drug-likeness (QED) is 0.659. The minimum absolute atomic E-state index is 0.319. The van der Waals surface area contributed by atoms with Crippen LogP contribution in [-0.2, 0) is 6.54 Å². The van der Waals surface area contributed by atoms with Gasteiger partial charge in [0.1, 0.15) is 5.52 Å². The fourth-order valence-corrected chi connectivity index (χ4v) is 3.73. The summed E-state index contributed by atoms with van der Waals surface area (Å²) in [6.07, 6.45) is 1.04. The fourth-order valence-electron chi connectivity index (χ4n) is 3.73. The molecule has 1 aliphatic rings. The van der Waals surface area contributed by atoms with Gasteiger partial charge in [-0.2, -0.15) is 0 Å². The number of nitrogens with zero attached hydrogens (tertiary/aromatic N) is 2. The van der Waals surface area contributed by atoms with Crippen LogP contribution in [0, 0.1) is 0 Å². The molecule has 0 spiro atoms. The predicted molar refractivity (Wildman–Crippen MR) is 103 cm³/mol. The Balaban J connectivity index is 1.49. The lowest BCUT2D eigenvalue weighted by Gasteiger charge is -2.18. The zero-order valence-corrected chi connectivity index (χ0v) is 15.9. The van der Waals surface area contributed by atoms with Crippen LogP contribution in [0.2, 0.25) is 0 Å². The number of rotatable bonds is 6. The van der Waals surface area contributed by atoms with Crippen molar-refractivity contribution >= 4 is 11.1 Å². The van der Waals surface area contributed by atoms with E-state index in [4.69, 9.17) is 18.6 Å². The molecule has 6 nitrogen and oxygen atoms in total. The van der Waals surface area contributed by atoms with Gasteiger partial charge in [-0.15, -0.1) is 0 Å². The summed E-state index contributed by atoms with van der Waals surface area (Å²) in [5.74, 6) is 3.14. The molecule has 0 amide bonds. The number of oxazole rings is 1. The maximum absolute atomic E-state index is 5.96. The van der Waals surface area contributed by atoms with Crippen LogP contribution in [0.3, 0.4) is 0 Å². The molecular formula is C21H24N2O4. The second-order valence-electron chi connectivity index (χ2n) is 6.77. The van der Waals surface area contributed by atoms with Gasteiger partial charge in [0, 0.05) is 19.0 Å². The first-order chi connectivity index (χ1) is 13.2. The van der Waals surface area contributed by atoms with E-state index in [-0.39, 0.29) is 0 Å². The monoisotopic (exact) mass is 368 g/mol. The minimum atomic E-state index is 0.319. The first-order valence-corrected chi connectivity index (χ1v) is 9.08. The average Bonchev–Trinajstić information content (AvgIpc) is 3.33. The summed E-state index contributed by atoms with van der Waals surface area (Å²) >= 11 is 0. The molecule has 1 unspecified atom stereocenters. The van der Waals surface area contributed by atoms with Gasteiger partial charge >= 0.3 is 0 Å². The van der Waals surface area contributed by atoms with Gasteiger partial charge < -0.3 is 18.6 Å². The molecule has 6 heteroatoms. The Bertz CT molecular complexity index is 879. The van der Waals surface area contributed by atoms with Gasteiger partial charge in [0.25, 0.3) is 0 Å². The fraction of sp³-hybridized carbons (Fsp3) is 0.381. The maximum atomic E-state index is 5.96. The summed E-state index contributed by atoms with van der Waals surface area (Å²) in [7, 11) is 4.89. The molecule has 142 valence electrons. The van der Waals surface area contributed by atoms with Crippen LogP contribution in [0.5, 0.6) is 17.2 Å². The number of fused-ring (bicyclic) bond motifs is 1. The molecule has 1 aromatic heterocycles. The number of hydrogen-bond donors (Lipinski definition) is 0. The Kier molecular flexibility index (Phi) is 4.90. The van der Waals surface area contributed by atoms with Crippen molar-refractivity contribution in [2.45, 2.75) is 18.9 Å². The van der Waals surface area contributed by atoms with Crippen LogP contribution >= 0.6 is 0 Å². The van der Waals surface area contributed by atoms with Gasteiger partial charge in [0.05, 0.1) is 21.3 Å². The second kappa shape index (κ2) is 7.48. The average molecular weight is 368 g/mol. The molecule has 1 fully saturated rings. The number of likely N-dealkylation sites (tertiary alicyclic amines) is 1. The van der Waals surface area contributed by atoms with Gasteiger partial charge in [-0.3, -0.25) is 4.90 Å². The van der Waals surface area contributed by atoms with Crippen molar-refractivity contribution in [2.75, 3.05) is 34.4 Å². The van der Waals surface area contributed by atoms with Crippen LogP contribution < -0.4 is 14.2 Å². The summed E-state index contributed by atoms with van der Waals surface area (Å²) in [5, 5.41) is 0. The first kappa shape index (κ1) is 17.7. The van der Waals surface area contributed by atoms with Crippen LogP contribution in [-0.4, -0.2) is 44.3 Å². The van der Waals surface area contributed by atoms with Gasteiger partial charge in [0.2, 0.25) is 5.75 Å². The molecule has 1 saturated heterocycles. The smallest absolute Gasteiger partial charge is 0.203 e. The summed E-state index contributed by atoms with van der Waals surface area (Å²) in [6, 6.07) is 11.9. The lowest BCUT2D eigenvalue weighted by atomic mass is 10.1. The molecule has 27 heavy (non-hydrogen) atoms. The van der Waals surface area contributed by atoms with E-state index in [1.54, 1.807) is 21.3 Å². The van der Waals surface area contributed by atoms with E-state index in [1.807, 2.05) is 36.4 Å². The van der Waals surface area contributed by atoms with Crippen molar-refractivity contribution in [1.82, 2.24) is 9.88 Å². The van der Waals surface area contributed by atoms with Crippen molar-refractivity contribution in [3.8, 4) is 17.2 Å². The van der Waals surface area contributed by atoms with Crippen molar-refractivity contribution in [3.05, 3.63) is 47.9 Å². The summed E-state index contributed by atoms with van der Waals surface area (Å²) in [5.41, 5.74) is 2.91. The SMILES string of the molecule is COc1cc(CN2CCC(c3nc4ccccc4o3)C2)cc(OC)c1OC. The number of benzene rings is 2. The van der Waals surface area contributed by atoms with E-state index < -0.39 is 0 Å². The van der Waals surface area contributed by atoms with Gasteiger partial charge in [-0.1, -0.05) is 12.1 Å². The molecule has 0 aliphatic carbocycles. The van der Waals surface area contributed by atoms with Crippen LogP contribution in [0.25, 0.3) is 11.1 Å². The van der Waals surface area contributed by atoms with E-state index in [0.717, 1.165) is 48.6 Å². The molecule has 2 aromatic carbocycles. The molecule has 3 aromatic rings. The Morgan fingerprint density at radius 3 is 2.48 bits per heavy atom. The van der Waals surface area contributed by atoms with E-state index in [1.165, 1.54) is 0 Å². The van der Waals surface area contributed by atoms with Crippen LogP contribution in [0.15, 0.2) is 40.8 Å². The predicted octanol–water partition coefficient (Wildman–Crippen LogP) is 3.84. The van der Waals surface area contributed by atoms with Gasteiger partial charge in [-0.05, 0) is 42.8 Å². The third-order valence-electron chi connectivity index (χ3n) is 5.06. The number of methoxy groups -OCH3 is 3. The second-order valence-corrected chi connectivity index (χ2v) is 6.77. The van der Waals surface area contributed by atoms with E-state index >= 15 is 0 Å². The molecule has 2 heterocycles. The molecule has 1 aliphatic heterocycles. The van der Waals surface area contributed by atoms with Gasteiger partial charge in [-0.25, -0.2) is 4.98 Å². The minimum Gasteiger partial charge on any atom is -0.493 e. The Hall–Kier alpha value is -2.73. The highest BCUT2D eigenvalue weighted by Crippen LogP contribution is 2.39. The Morgan fingerprint density at radius 1 is 1.07 bits per heavy atom. The van der Waals surface area contributed by atoms with Crippen molar-refractivity contribution in [1.29, 1.82) is 0 Å². The third kappa shape index (κ3) is 3.45. The zero-order valence-electron chi connectivity index (χ0n) is 15.9. The lowest BCUT2D eigenvalue weighted by Crippen LogP contribution is -2.20. The Labute approximate surface area is 158 Å². The maximum Gasteiger partial charge on any atom is 0.203 e. The van der Waals surface area contributed by atoms with Gasteiger partial charge in [0.15, 0.2) is 23.0 Å². The highest BCUT2D eigenvalue weighted by atomic mass is 16.5. The molecule has 0 radical (unpaired) electrons. The van der Waals surface area contributed by atoms with Crippen molar-refractivity contribution < 1.29 is 18.6 Å². The summed E-state index contributed by atoms with van der Waals surface area (Å²) < 4.78 is 22.3. The largest absolute Gasteiger partial charge is 0.493 e. The summed E-state index contributed by atoms with van der Waals surface area (Å²) in [6.45, 7) is 2.73. The molecular weight excluding hydrogens is 344 g/mol. The number of para-hydroxylation sites is 2. The third-order valence-corrected chi connectivity index (χ3v) is 5.06. The molecule has 0 saturated carbocycles. The van der Waals surface area contributed by atoms with E-state index in [0.29, 0.717) is 23.2 Å². The number of aromatic nitrogens is 1. The highest BCUT2D eigenvalue weighted by Gasteiger charge is 2.28. The van der Waals surface area contributed by atoms with Crippen LogP contribution in [0.4, 0.5) is 0 Å². The highest BCUT2D eigenvalue weighted by molar-refractivity contribution is 5.72. The van der Waals surface area contributed by atoms with Crippen LogP contribution in [0.1, 0.15) is 23.8 Å².